The summed E-state index contributed by atoms with van der Waals surface area (Å²) in [5, 5.41) is 7.41. The van der Waals surface area contributed by atoms with Gasteiger partial charge in [0.15, 0.2) is 0 Å². The molecule has 16 heavy (non-hydrogen) atoms. The second-order valence-corrected chi connectivity index (χ2v) is 4.05. The maximum Gasteiger partial charge on any atom is 0.126 e. The van der Waals surface area contributed by atoms with E-state index in [1.807, 2.05) is 32.4 Å². The topological polar surface area (TPSA) is 42.7 Å². The zero-order valence-corrected chi connectivity index (χ0v) is 9.86. The molecule has 2 rings (SSSR count). The van der Waals surface area contributed by atoms with Gasteiger partial charge in [0, 0.05) is 31.0 Å². The first-order valence-corrected chi connectivity index (χ1v) is 5.30. The van der Waals surface area contributed by atoms with Gasteiger partial charge in [0.1, 0.15) is 5.82 Å². The van der Waals surface area contributed by atoms with Crippen LogP contribution in [0.2, 0.25) is 0 Å². The highest BCUT2D eigenvalue weighted by Gasteiger charge is 1.99. The summed E-state index contributed by atoms with van der Waals surface area (Å²) in [7, 11) is 1.92. The Bertz CT molecular complexity index is 467. The number of anilines is 1. The summed E-state index contributed by atoms with van der Waals surface area (Å²) in [5.74, 6) is 0.918. The average molecular weight is 216 g/mol. The molecule has 4 nitrogen and oxygen atoms in total. The molecular weight excluding hydrogens is 200 g/mol. The van der Waals surface area contributed by atoms with Gasteiger partial charge >= 0.3 is 0 Å². The van der Waals surface area contributed by atoms with Crippen LogP contribution in [0.4, 0.5) is 5.82 Å². The van der Waals surface area contributed by atoms with Gasteiger partial charge in [-0.25, -0.2) is 4.98 Å². The predicted octanol–water partition coefficient (Wildman–Crippen LogP) is 2.04. The fourth-order valence-corrected chi connectivity index (χ4v) is 1.69. The molecule has 0 unspecified atom stereocenters. The average Bonchev–Trinajstić information content (AvgIpc) is 2.60. The first-order chi connectivity index (χ1) is 7.63. The molecule has 0 spiro atoms. The van der Waals surface area contributed by atoms with Crippen molar-refractivity contribution in [2.45, 2.75) is 20.4 Å². The second kappa shape index (κ2) is 4.35. The fourth-order valence-electron chi connectivity index (χ4n) is 1.69. The van der Waals surface area contributed by atoms with Gasteiger partial charge in [0.2, 0.25) is 0 Å². The largest absolute Gasteiger partial charge is 0.366 e. The Labute approximate surface area is 95.3 Å². The van der Waals surface area contributed by atoms with Gasteiger partial charge in [0.25, 0.3) is 0 Å². The van der Waals surface area contributed by atoms with Crippen molar-refractivity contribution in [1.82, 2.24) is 14.8 Å². The van der Waals surface area contributed by atoms with Gasteiger partial charge < -0.3 is 5.32 Å². The van der Waals surface area contributed by atoms with E-state index in [1.54, 1.807) is 4.68 Å². The van der Waals surface area contributed by atoms with Crippen LogP contribution < -0.4 is 5.32 Å². The number of nitrogens with one attached hydrogen (secondary N) is 1. The number of hydrogen-bond acceptors (Lipinski definition) is 3. The summed E-state index contributed by atoms with van der Waals surface area (Å²) in [6.07, 6.45) is 3.85. The lowest BCUT2D eigenvalue weighted by Crippen LogP contribution is -2.01. The minimum absolute atomic E-state index is 0.754. The van der Waals surface area contributed by atoms with Crippen molar-refractivity contribution in [3.63, 3.8) is 0 Å². The summed E-state index contributed by atoms with van der Waals surface area (Å²) < 4.78 is 1.80. The van der Waals surface area contributed by atoms with E-state index in [0.717, 1.165) is 23.6 Å². The molecule has 84 valence electrons. The van der Waals surface area contributed by atoms with Crippen LogP contribution in [0.3, 0.4) is 0 Å². The summed E-state index contributed by atoms with van der Waals surface area (Å²) in [4.78, 5) is 4.42. The maximum atomic E-state index is 4.42. The molecule has 0 saturated carbocycles. The summed E-state index contributed by atoms with van der Waals surface area (Å²) in [6, 6.07) is 4.11. The molecule has 2 aromatic rings. The van der Waals surface area contributed by atoms with Crippen molar-refractivity contribution in [1.29, 1.82) is 0 Å². The van der Waals surface area contributed by atoms with E-state index in [0.29, 0.717) is 0 Å². The van der Waals surface area contributed by atoms with E-state index in [-0.39, 0.29) is 0 Å². The highest BCUT2D eigenvalue weighted by molar-refractivity contribution is 5.39. The van der Waals surface area contributed by atoms with Gasteiger partial charge in [-0.2, -0.15) is 5.10 Å². The Morgan fingerprint density at radius 2 is 2.12 bits per heavy atom. The Kier molecular flexibility index (Phi) is 2.90. The monoisotopic (exact) mass is 216 g/mol. The molecule has 2 aromatic heterocycles. The number of pyridine rings is 1. The lowest BCUT2D eigenvalue weighted by Gasteiger charge is -2.06. The van der Waals surface area contributed by atoms with Crippen LogP contribution in [-0.2, 0) is 13.6 Å². The molecule has 0 aliphatic heterocycles. The first kappa shape index (κ1) is 10.7. The van der Waals surface area contributed by atoms with Crippen LogP contribution in [0, 0.1) is 13.8 Å². The lowest BCUT2D eigenvalue weighted by atomic mass is 10.2. The van der Waals surface area contributed by atoms with E-state index < -0.39 is 0 Å². The first-order valence-electron chi connectivity index (χ1n) is 5.30. The summed E-state index contributed by atoms with van der Waals surface area (Å²) >= 11 is 0. The van der Waals surface area contributed by atoms with Crippen molar-refractivity contribution in [2.24, 2.45) is 7.05 Å². The molecule has 0 aromatic carbocycles. The van der Waals surface area contributed by atoms with E-state index >= 15 is 0 Å². The van der Waals surface area contributed by atoms with Gasteiger partial charge in [-0.05, 0) is 31.5 Å². The molecule has 0 saturated heterocycles. The quantitative estimate of drug-likeness (QED) is 0.853. The van der Waals surface area contributed by atoms with Crippen molar-refractivity contribution < 1.29 is 0 Å². The van der Waals surface area contributed by atoms with Crippen molar-refractivity contribution in [2.75, 3.05) is 5.32 Å². The third-order valence-electron chi connectivity index (χ3n) is 2.33. The number of hydrogen-bond donors (Lipinski definition) is 1. The smallest absolute Gasteiger partial charge is 0.126 e. The molecule has 0 atom stereocenters. The van der Waals surface area contributed by atoms with E-state index in [4.69, 9.17) is 0 Å². The van der Waals surface area contributed by atoms with Crippen molar-refractivity contribution in [3.05, 3.63) is 41.3 Å². The molecule has 0 amide bonds. The molecule has 0 aliphatic rings. The molecule has 0 radical (unpaired) electrons. The Hall–Kier alpha value is -1.84. The van der Waals surface area contributed by atoms with Gasteiger partial charge in [-0.1, -0.05) is 0 Å². The normalized spacial score (nSPS) is 10.4. The van der Waals surface area contributed by atoms with Crippen LogP contribution in [0.5, 0.6) is 0 Å². The predicted molar refractivity (Wildman–Crippen MR) is 64.2 cm³/mol. The SMILES string of the molecule is Cc1cc(C)nc(NCc2cnn(C)c2)c1. The lowest BCUT2D eigenvalue weighted by molar-refractivity contribution is 0.767. The number of aryl methyl sites for hydroxylation is 3. The zero-order chi connectivity index (χ0) is 11.5. The number of nitrogens with zero attached hydrogens (tertiary/aromatic N) is 3. The molecule has 4 heteroatoms. The molecule has 0 aliphatic carbocycles. The maximum absolute atomic E-state index is 4.42. The highest BCUT2D eigenvalue weighted by Crippen LogP contribution is 2.10. The van der Waals surface area contributed by atoms with Crippen LogP contribution >= 0.6 is 0 Å². The molecule has 1 N–H and O–H groups in total. The Morgan fingerprint density at radius 3 is 2.75 bits per heavy atom. The number of aromatic nitrogens is 3. The highest BCUT2D eigenvalue weighted by atomic mass is 15.2. The standard InChI is InChI=1S/C12H16N4/c1-9-4-10(2)15-12(5-9)13-6-11-7-14-16(3)8-11/h4-5,7-8H,6H2,1-3H3,(H,13,15). The third kappa shape index (κ3) is 2.59. The van der Waals surface area contributed by atoms with Crippen LogP contribution in [-0.4, -0.2) is 14.8 Å². The fraction of sp³-hybridized carbons (Fsp3) is 0.333. The second-order valence-electron chi connectivity index (χ2n) is 4.05. The van der Waals surface area contributed by atoms with Gasteiger partial charge in [0.05, 0.1) is 6.20 Å². The van der Waals surface area contributed by atoms with E-state index in [1.165, 1.54) is 5.56 Å². The van der Waals surface area contributed by atoms with Gasteiger partial charge in [-0.3, -0.25) is 4.68 Å². The Balaban J connectivity index is 2.04. The van der Waals surface area contributed by atoms with Crippen LogP contribution in [0.1, 0.15) is 16.8 Å². The Morgan fingerprint density at radius 1 is 1.31 bits per heavy atom. The van der Waals surface area contributed by atoms with E-state index in [2.05, 4.69) is 28.4 Å². The van der Waals surface area contributed by atoms with Gasteiger partial charge in [-0.15, -0.1) is 0 Å². The third-order valence-corrected chi connectivity index (χ3v) is 2.33. The minimum atomic E-state index is 0.754. The minimum Gasteiger partial charge on any atom is -0.366 e. The molecular formula is C12H16N4. The number of rotatable bonds is 3. The van der Waals surface area contributed by atoms with Crippen LogP contribution in [0.15, 0.2) is 24.5 Å². The van der Waals surface area contributed by atoms with Crippen molar-refractivity contribution in [3.8, 4) is 0 Å². The molecule has 0 bridgehead atoms. The van der Waals surface area contributed by atoms with Crippen molar-refractivity contribution >= 4 is 5.82 Å². The molecule has 2 heterocycles. The molecule has 0 fully saturated rings. The summed E-state index contributed by atoms with van der Waals surface area (Å²) in [5.41, 5.74) is 3.42. The summed E-state index contributed by atoms with van der Waals surface area (Å²) in [6.45, 7) is 4.83. The van der Waals surface area contributed by atoms with Crippen LogP contribution in [0.25, 0.3) is 0 Å². The van der Waals surface area contributed by atoms with E-state index in [9.17, 15) is 0 Å². The zero-order valence-electron chi connectivity index (χ0n) is 9.86.